The molecule has 2 N–H and O–H groups in total. The second-order valence-electron chi connectivity index (χ2n) is 7.87. The van der Waals surface area contributed by atoms with Crippen molar-refractivity contribution in [3.63, 3.8) is 0 Å². The van der Waals surface area contributed by atoms with Crippen molar-refractivity contribution < 1.29 is 24.5 Å². The van der Waals surface area contributed by atoms with Crippen LogP contribution in [0.1, 0.15) is 38.9 Å². The Hall–Kier alpha value is -2.61. The van der Waals surface area contributed by atoms with Crippen molar-refractivity contribution in [1.29, 1.82) is 0 Å². The number of hydrogen-bond donors (Lipinski definition) is 2. The quantitative estimate of drug-likeness (QED) is 0.256. The molecule has 0 unspecified atom stereocenters. The van der Waals surface area contributed by atoms with E-state index in [4.69, 9.17) is 32.7 Å². The van der Waals surface area contributed by atoms with Crippen LogP contribution in [0.3, 0.4) is 0 Å². The van der Waals surface area contributed by atoms with Crippen LogP contribution in [-0.4, -0.2) is 42.2 Å². The fraction of sp³-hybridized carbons (Fsp3) is 0.269. The molecule has 0 saturated heterocycles. The summed E-state index contributed by atoms with van der Waals surface area (Å²) in [7, 11) is 2.96. The van der Waals surface area contributed by atoms with Gasteiger partial charge in [0, 0.05) is 55.0 Å². The average Bonchev–Trinajstić information content (AvgIpc) is 2.83. The number of aromatic hydroxyl groups is 2. The Morgan fingerprint density at radius 2 is 1.50 bits per heavy atom. The van der Waals surface area contributed by atoms with Gasteiger partial charge in [0.15, 0.2) is 12.6 Å². The van der Waals surface area contributed by atoms with Gasteiger partial charge < -0.3 is 19.7 Å². The molecule has 3 aromatic carbocycles. The largest absolute Gasteiger partial charge is 0.507 e. The number of halogens is 2. The number of aldehydes is 1. The molecule has 0 bridgehead atoms. The first kappa shape index (κ1) is 26.0. The van der Waals surface area contributed by atoms with E-state index >= 15 is 0 Å². The van der Waals surface area contributed by atoms with E-state index in [1.165, 1.54) is 20.3 Å². The number of nitrogens with zero attached hydrogens (tertiary/aromatic N) is 1. The molecule has 6 nitrogen and oxygen atoms in total. The lowest BCUT2D eigenvalue weighted by atomic mass is 10.0. The molecule has 0 atom stereocenters. The minimum absolute atomic E-state index is 0.0201. The first-order valence-electron chi connectivity index (χ1n) is 10.7. The molecule has 0 aliphatic carbocycles. The van der Waals surface area contributed by atoms with Gasteiger partial charge in [-0.25, -0.2) is 0 Å². The fourth-order valence-electron chi connectivity index (χ4n) is 3.85. The fourth-order valence-corrected chi connectivity index (χ4v) is 4.34. The van der Waals surface area contributed by atoms with Crippen molar-refractivity contribution >= 4 is 29.5 Å². The zero-order valence-electron chi connectivity index (χ0n) is 19.0. The predicted octanol–water partition coefficient (Wildman–Crippen LogP) is 5.75. The molecule has 8 heteroatoms. The van der Waals surface area contributed by atoms with Crippen LogP contribution >= 0.6 is 23.2 Å². The third kappa shape index (κ3) is 6.50. The minimum atomic E-state index is -0.776. The Morgan fingerprint density at radius 1 is 0.912 bits per heavy atom. The molecule has 0 spiro atoms. The van der Waals surface area contributed by atoms with Crippen LogP contribution < -0.4 is 0 Å². The molecule has 180 valence electrons. The van der Waals surface area contributed by atoms with Gasteiger partial charge in [-0.1, -0.05) is 53.5 Å². The standard InChI is InChI=1S/C26H27Cl2NO5/c1-33-26(34-2)23-13-22(28)11-19(25(23)32)15-29(9-8-17-6-4-3-5-7-17)14-18-10-21(27)12-20(16-30)24(18)31/h3-7,10-13,16,26,31-32H,8-9,14-15H2,1-2H3. The molecule has 0 amide bonds. The van der Waals surface area contributed by atoms with Crippen molar-refractivity contribution in [3.8, 4) is 11.5 Å². The molecule has 0 aromatic heterocycles. The van der Waals surface area contributed by atoms with Crippen molar-refractivity contribution in [2.24, 2.45) is 0 Å². The second-order valence-corrected chi connectivity index (χ2v) is 8.75. The normalized spacial score (nSPS) is 11.4. The minimum Gasteiger partial charge on any atom is -0.507 e. The van der Waals surface area contributed by atoms with Gasteiger partial charge in [0.05, 0.1) is 11.1 Å². The zero-order valence-corrected chi connectivity index (χ0v) is 20.5. The Labute approximate surface area is 209 Å². The van der Waals surface area contributed by atoms with E-state index in [1.807, 2.05) is 35.2 Å². The van der Waals surface area contributed by atoms with E-state index < -0.39 is 6.29 Å². The molecule has 3 aromatic rings. The summed E-state index contributed by atoms with van der Waals surface area (Å²) in [5, 5.41) is 22.3. The third-order valence-corrected chi connectivity index (χ3v) is 5.96. The van der Waals surface area contributed by atoms with Crippen LogP contribution in [0.5, 0.6) is 11.5 Å². The van der Waals surface area contributed by atoms with Crippen molar-refractivity contribution in [1.82, 2.24) is 4.90 Å². The summed E-state index contributed by atoms with van der Waals surface area (Å²) in [4.78, 5) is 13.4. The summed E-state index contributed by atoms with van der Waals surface area (Å²) >= 11 is 12.5. The van der Waals surface area contributed by atoms with Gasteiger partial charge in [-0.3, -0.25) is 9.69 Å². The smallest absolute Gasteiger partial charge is 0.186 e. The van der Waals surface area contributed by atoms with E-state index in [9.17, 15) is 15.0 Å². The van der Waals surface area contributed by atoms with Gasteiger partial charge in [0.1, 0.15) is 11.5 Å². The molecule has 3 rings (SSSR count). The Morgan fingerprint density at radius 3 is 2.09 bits per heavy atom. The second kappa shape index (κ2) is 12.2. The van der Waals surface area contributed by atoms with E-state index in [-0.39, 0.29) is 17.1 Å². The Bertz CT molecular complexity index is 1120. The molecule has 0 fully saturated rings. The summed E-state index contributed by atoms with van der Waals surface area (Å²) in [5.74, 6) is -0.0920. The highest BCUT2D eigenvalue weighted by Gasteiger charge is 2.21. The maximum atomic E-state index is 11.4. The van der Waals surface area contributed by atoms with E-state index in [0.717, 1.165) is 12.0 Å². The number of hydrogen-bond acceptors (Lipinski definition) is 6. The zero-order chi connectivity index (χ0) is 24.7. The predicted molar refractivity (Wildman–Crippen MR) is 133 cm³/mol. The molecule has 0 aliphatic rings. The first-order valence-corrected chi connectivity index (χ1v) is 11.4. The summed E-state index contributed by atoms with van der Waals surface area (Å²) in [6.07, 6.45) is 0.529. The molecular weight excluding hydrogens is 477 g/mol. The van der Waals surface area contributed by atoms with E-state index in [2.05, 4.69) is 0 Å². The highest BCUT2D eigenvalue weighted by molar-refractivity contribution is 6.31. The lowest BCUT2D eigenvalue weighted by Crippen LogP contribution is -2.26. The Kier molecular flexibility index (Phi) is 9.33. The summed E-state index contributed by atoms with van der Waals surface area (Å²) in [6.45, 7) is 1.21. The highest BCUT2D eigenvalue weighted by Crippen LogP contribution is 2.35. The SMILES string of the molecule is COC(OC)c1cc(Cl)cc(CN(CCc2ccccc2)Cc2cc(Cl)cc(C=O)c2O)c1O. The first-order chi connectivity index (χ1) is 16.4. The average molecular weight is 504 g/mol. The number of carbonyl (C=O) groups excluding carboxylic acids is 1. The third-order valence-electron chi connectivity index (χ3n) is 5.52. The maximum Gasteiger partial charge on any atom is 0.186 e. The van der Waals surface area contributed by atoms with Crippen molar-refractivity contribution in [3.05, 3.63) is 92.5 Å². The van der Waals surface area contributed by atoms with Crippen LogP contribution in [0.2, 0.25) is 10.0 Å². The number of methoxy groups -OCH3 is 2. The molecule has 0 aliphatic heterocycles. The Balaban J connectivity index is 1.95. The van der Waals surface area contributed by atoms with Gasteiger partial charge >= 0.3 is 0 Å². The van der Waals surface area contributed by atoms with Gasteiger partial charge in [-0.15, -0.1) is 0 Å². The van der Waals surface area contributed by atoms with Crippen LogP contribution in [-0.2, 0) is 29.0 Å². The number of ether oxygens (including phenoxy) is 2. The molecular formula is C26H27Cl2NO5. The lowest BCUT2D eigenvalue weighted by Gasteiger charge is -2.25. The summed E-state index contributed by atoms with van der Waals surface area (Å²) < 4.78 is 10.6. The highest BCUT2D eigenvalue weighted by atomic mass is 35.5. The van der Waals surface area contributed by atoms with Crippen LogP contribution in [0.25, 0.3) is 0 Å². The van der Waals surface area contributed by atoms with Gasteiger partial charge in [0.2, 0.25) is 0 Å². The van der Waals surface area contributed by atoms with Gasteiger partial charge in [-0.2, -0.15) is 0 Å². The number of phenols is 2. The maximum absolute atomic E-state index is 11.4. The van der Waals surface area contributed by atoms with Crippen LogP contribution in [0, 0.1) is 0 Å². The molecule has 34 heavy (non-hydrogen) atoms. The van der Waals surface area contributed by atoms with Crippen molar-refractivity contribution in [2.75, 3.05) is 20.8 Å². The molecule has 0 radical (unpaired) electrons. The van der Waals surface area contributed by atoms with E-state index in [0.29, 0.717) is 52.7 Å². The summed E-state index contributed by atoms with van der Waals surface area (Å²) in [5.41, 5.74) is 2.78. The van der Waals surface area contributed by atoms with Gasteiger partial charge in [0.25, 0.3) is 0 Å². The number of carbonyl (C=O) groups is 1. The summed E-state index contributed by atoms with van der Waals surface area (Å²) in [6, 6.07) is 16.3. The monoisotopic (exact) mass is 503 g/mol. The van der Waals surface area contributed by atoms with Gasteiger partial charge in [-0.05, 0) is 36.2 Å². The van der Waals surface area contributed by atoms with Crippen LogP contribution in [0.15, 0.2) is 54.6 Å². The molecule has 0 heterocycles. The number of benzene rings is 3. The molecule has 0 saturated carbocycles. The van der Waals surface area contributed by atoms with Crippen molar-refractivity contribution in [2.45, 2.75) is 25.8 Å². The number of rotatable bonds is 11. The van der Waals surface area contributed by atoms with Crippen LogP contribution in [0.4, 0.5) is 0 Å². The topological polar surface area (TPSA) is 79.2 Å². The number of phenolic OH excluding ortho intramolecular Hbond substituents is 2. The van der Waals surface area contributed by atoms with E-state index in [1.54, 1.807) is 18.2 Å². The lowest BCUT2D eigenvalue weighted by molar-refractivity contribution is -0.107.